The number of carboxylic acids is 1. The molecule has 1 aromatic rings. The highest BCUT2D eigenvalue weighted by Gasteiger charge is 2.39. The minimum Gasteiger partial charge on any atom is -0.480 e. The molecular weight excluding hydrogens is 416 g/mol. The Bertz CT molecular complexity index is 816. The number of hydrogen-bond acceptors (Lipinski definition) is 6. The van der Waals surface area contributed by atoms with Crippen LogP contribution in [0.4, 0.5) is 0 Å². The van der Waals surface area contributed by atoms with Crippen LogP contribution in [0.2, 0.25) is 0 Å². The first-order valence-corrected chi connectivity index (χ1v) is 10.7. The average Bonchev–Trinajstić information content (AvgIpc) is 3.26. The van der Waals surface area contributed by atoms with Crippen molar-refractivity contribution in [2.24, 2.45) is 11.7 Å². The quantitative estimate of drug-likeness (QED) is 0.314. The van der Waals surface area contributed by atoms with E-state index in [-0.39, 0.29) is 12.3 Å². The molecule has 0 aromatic heterocycles. The number of likely N-dealkylation sites (tertiary alicyclic amines) is 1. The van der Waals surface area contributed by atoms with Gasteiger partial charge in [-0.05, 0) is 24.3 Å². The molecule has 0 aliphatic carbocycles. The van der Waals surface area contributed by atoms with Crippen molar-refractivity contribution in [3.05, 3.63) is 35.9 Å². The van der Waals surface area contributed by atoms with Gasteiger partial charge in [0.2, 0.25) is 17.7 Å². The third-order valence-corrected chi connectivity index (χ3v) is 5.55. The van der Waals surface area contributed by atoms with Crippen LogP contribution in [0.1, 0.15) is 32.3 Å². The summed E-state index contributed by atoms with van der Waals surface area (Å²) in [6, 6.07) is 5.10. The fourth-order valence-electron chi connectivity index (χ4n) is 3.58. The number of nitrogens with one attached hydrogen (secondary N) is 2. The maximum atomic E-state index is 13.4. The number of carbonyl (C=O) groups is 4. The van der Waals surface area contributed by atoms with Crippen LogP contribution < -0.4 is 16.4 Å². The van der Waals surface area contributed by atoms with Crippen LogP contribution in [0.3, 0.4) is 0 Å². The molecule has 0 saturated carbocycles. The number of nitrogens with two attached hydrogens (primary N) is 1. The molecule has 0 radical (unpaired) electrons. The molecule has 0 bridgehead atoms. The van der Waals surface area contributed by atoms with Gasteiger partial charge in [0.05, 0.1) is 12.6 Å². The predicted octanol–water partition coefficient (Wildman–Crippen LogP) is -0.750. The van der Waals surface area contributed by atoms with Crippen molar-refractivity contribution in [3.8, 4) is 0 Å². The van der Waals surface area contributed by atoms with E-state index in [0.717, 1.165) is 5.56 Å². The molecule has 3 amide bonds. The van der Waals surface area contributed by atoms with Crippen molar-refractivity contribution >= 4 is 23.7 Å². The van der Waals surface area contributed by atoms with E-state index in [1.54, 1.807) is 13.8 Å². The van der Waals surface area contributed by atoms with Crippen LogP contribution in [-0.2, 0) is 25.6 Å². The monoisotopic (exact) mass is 448 g/mol. The van der Waals surface area contributed by atoms with Gasteiger partial charge in [0.15, 0.2) is 0 Å². The maximum Gasteiger partial charge on any atom is 0.328 e. The lowest BCUT2D eigenvalue weighted by Gasteiger charge is -2.30. The minimum absolute atomic E-state index is 0.126. The van der Waals surface area contributed by atoms with Gasteiger partial charge in [-0.15, -0.1) is 0 Å². The number of aliphatic hydroxyl groups is 1. The topological polar surface area (TPSA) is 162 Å². The van der Waals surface area contributed by atoms with Crippen LogP contribution in [0, 0.1) is 5.92 Å². The molecule has 2 rings (SSSR count). The van der Waals surface area contributed by atoms with Gasteiger partial charge in [-0.2, -0.15) is 0 Å². The lowest BCUT2D eigenvalue weighted by molar-refractivity contribution is -0.145. The Hall–Kier alpha value is -2.98. The second kappa shape index (κ2) is 11.6. The largest absolute Gasteiger partial charge is 0.480 e. The first-order valence-electron chi connectivity index (χ1n) is 10.7. The van der Waals surface area contributed by atoms with Gasteiger partial charge < -0.3 is 31.5 Å². The number of benzene rings is 1. The molecule has 1 aromatic carbocycles. The average molecular weight is 449 g/mol. The van der Waals surface area contributed by atoms with Crippen LogP contribution >= 0.6 is 0 Å². The van der Waals surface area contributed by atoms with Crippen LogP contribution in [0.15, 0.2) is 30.3 Å². The summed E-state index contributed by atoms with van der Waals surface area (Å²) in [4.78, 5) is 51.1. The van der Waals surface area contributed by atoms with Crippen molar-refractivity contribution in [1.82, 2.24) is 15.5 Å². The normalized spacial score (nSPS) is 18.7. The number of rotatable bonds is 10. The van der Waals surface area contributed by atoms with E-state index >= 15 is 0 Å². The summed E-state index contributed by atoms with van der Waals surface area (Å²) in [6.07, 6.45) is 1.13. The van der Waals surface area contributed by atoms with Crippen molar-refractivity contribution in [1.29, 1.82) is 0 Å². The Morgan fingerprint density at radius 2 is 1.78 bits per heavy atom. The lowest BCUT2D eigenvalue weighted by atomic mass is 10.0. The Morgan fingerprint density at radius 3 is 2.34 bits per heavy atom. The first-order chi connectivity index (χ1) is 15.1. The van der Waals surface area contributed by atoms with E-state index in [0.29, 0.717) is 19.4 Å². The zero-order valence-corrected chi connectivity index (χ0v) is 18.4. The number of aliphatic carboxylic acids is 1. The van der Waals surface area contributed by atoms with Crippen LogP contribution in [-0.4, -0.2) is 76.1 Å². The molecule has 10 heteroatoms. The fourth-order valence-corrected chi connectivity index (χ4v) is 3.58. The third-order valence-electron chi connectivity index (χ3n) is 5.55. The van der Waals surface area contributed by atoms with Crippen molar-refractivity contribution < 1.29 is 29.4 Å². The molecule has 4 unspecified atom stereocenters. The zero-order chi connectivity index (χ0) is 23.8. The molecule has 32 heavy (non-hydrogen) atoms. The molecule has 176 valence electrons. The molecule has 1 heterocycles. The minimum atomic E-state index is -1.45. The van der Waals surface area contributed by atoms with E-state index in [9.17, 15) is 24.3 Å². The Kier molecular flexibility index (Phi) is 9.15. The summed E-state index contributed by atoms with van der Waals surface area (Å²) in [5.74, 6) is -3.04. The van der Waals surface area contributed by atoms with Crippen LogP contribution in [0.5, 0.6) is 0 Å². The molecule has 4 atom stereocenters. The van der Waals surface area contributed by atoms with Crippen molar-refractivity contribution in [2.75, 3.05) is 13.2 Å². The van der Waals surface area contributed by atoms with Gasteiger partial charge in [-0.1, -0.05) is 44.2 Å². The van der Waals surface area contributed by atoms with Gasteiger partial charge >= 0.3 is 5.97 Å². The lowest BCUT2D eigenvalue weighted by Crippen LogP contribution is -2.58. The fraction of sp³-hybridized carbons (Fsp3) is 0.545. The van der Waals surface area contributed by atoms with E-state index in [1.165, 1.54) is 4.90 Å². The van der Waals surface area contributed by atoms with Gasteiger partial charge in [-0.3, -0.25) is 14.4 Å². The van der Waals surface area contributed by atoms with E-state index in [1.807, 2.05) is 30.3 Å². The summed E-state index contributed by atoms with van der Waals surface area (Å²) in [5, 5.41) is 23.2. The number of nitrogens with zero attached hydrogens (tertiary/aromatic N) is 1. The summed E-state index contributed by atoms with van der Waals surface area (Å²) >= 11 is 0. The highest BCUT2D eigenvalue weighted by molar-refractivity contribution is 5.94. The standard InChI is InChI=1S/C22H32N4O6/c1-13(2)18(23)20(29)24-15(11-14-7-4-3-5-8-14)21(30)26-10-6-9-17(26)19(28)25-16(12-27)22(31)32/h3-5,7-8,13,15-18,27H,6,9-12,23H2,1-2H3,(H,24,29)(H,25,28)(H,31,32). The van der Waals surface area contributed by atoms with Crippen molar-refractivity contribution in [3.63, 3.8) is 0 Å². The van der Waals surface area contributed by atoms with E-state index < -0.39 is 54.5 Å². The molecule has 1 aliphatic heterocycles. The van der Waals surface area contributed by atoms with Gasteiger partial charge in [0.1, 0.15) is 18.1 Å². The number of aliphatic hydroxyl groups excluding tert-OH is 1. The predicted molar refractivity (Wildman–Crippen MR) is 116 cm³/mol. The third kappa shape index (κ3) is 6.51. The molecular formula is C22H32N4O6. The second-order valence-corrected chi connectivity index (χ2v) is 8.29. The molecule has 10 nitrogen and oxygen atoms in total. The number of carbonyl (C=O) groups excluding carboxylic acids is 3. The summed E-state index contributed by atoms with van der Waals surface area (Å²) in [6.45, 7) is 3.14. The summed E-state index contributed by atoms with van der Waals surface area (Å²) in [7, 11) is 0. The Balaban J connectivity index is 2.21. The number of carboxylic acid groups (broad SMARTS) is 1. The number of amides is 3. The maximum absolute atomic E-state index is 13.4. The SMILES string of the molecule is CC(C)C(N)C(=O)NC(Cc1ccccc1)C(=O)N1CCCC1C(=O)NC(CO)C(=O)O. The number of hydrogen-bond donors (Lipinski definition) is 5. The van der Waals surface area contributed by atoms with Gasteiger partial charge in [0, 0.05) is 13.0 Å². The summed E-state index contributed by atoms with van der Waals surface area (Å²) in [5.41, 5.74) is 6.78. The molecule has 1 saturated heterocycles. The van der Waals surface area contributed by atoms with E-state index in [2.05, 4.69) is 10.6 Å². The Labute approximate surface area is 187 Å². The second-order valence-electron chi connectivity index (χ2n) is 8.29. The molecule has 0 spiro atoms. The zero-order valence-electron chi connectivity index (χ0n) is 18.4. The molecule has 1 aliphatic rings. The summed E-state index contributed by atoms with van der Waals surface area (Å²) < 4.78 is 0. The molecule has 1 fully saturated rings. The van der Waals surface area contributed by atoms with E-state index in [4.69, 9.17) is 10.8 Å². The first kappa shape index (κ1) is 25.3. The van der Waals surface area contributed by atoms with Gasteiger partial charge in [0.25, 0.3) is 0 Å². The smallest absolute Gasteiger partial charge is 0.328 e. The molecule has 6 N–H and O–H groups in total. The highest BCUT2D eigenvalue weighted by atomic mass is 16.4. The van der Waals surface area contributed by atoms with Gasteiger partial charge in [-0.25, -0.2) is 4.79 Å². The highest BCUT2D eigenvalue weighted by Crippen LogP contribution is 2.20. The Morgan fingerprint density at radius 1 is 1.12 bits per heavy atom. The van der Waals surface area contributed by atoms with Crippen molar-refractivity contribution in [2.45, 2.75) is 57.3 Å². The van der Waals surface area contributed by atoms with Crippen LogP contribution in [0.25, 0.3) is 0 Å².